The molecule has 0 N–H and O–H groups in total. The summed E-state index contributed by atoms with van der Waals surface area (Å²) < 4.78 is 15.8. The van der Waals surface area contributed by atoms with E-state index >= 15 is 0 Å². The largest absolute Gasteiger partial charge is 0.489 e. The zero-order valence-corrected chi connectivity index (χ0v) is 16.1. The highest BCUT2D eigenvalue weighted by Crippen LogP contribution is 2.26. The van der Waals surface area contributed by atoms with Crippen LogP contribution < -0.4 is 14.4 Å². The fourth-order valence-corrected chi connectivity index (χ4v) is 3.20. The van der Waals surface area contributed by atoms with E-state index in [0.29, 0.717) is 17.4 Å². The molecule has 0 spiro atoms. The standard InChI is InChI=1S/C20H22N4O4/c1-13-10-14(11-21)18(20(25)27-3)23-19(13)24-8-6-15(7-9-24)28-16-4-5-17(26-2)22-12-16/h4-5,10,12,15H,6-9H2,1-3H3. The van der Waals surface area contributed by atoms with Crippen molar-refractivity contribution in [1.82, 2.24) is 9.97 Å². The Morgan fingerprint density at radius 2 is 2.04 bits per heavy atom. The third-order valence-corrected chi connectivity index (χ3v) is 4.65. The van der Waals surface area contributed by atoms with Crippen LogP contribution in [0, 0.1) is 18.3 Å². The van der Waals surface area contributed by atoms with Crippen LogP contribution in [0.3, 0.4) is 0 Å². The zero-order chi connectivity index (χ0) is 20.1. The Morgan fingerprint density at radius 1 is 1.29 bits per heavy atom. The van der Waals surface area contributed by atoms with Gasteiger partial charge in [-0.15, -0.1) is 0 Å². The smallest absolute Gasteiger partial charge is 0.358 e. The van der Waals surface area contributed by atoms with Crippen molar-refractivity contribution < 1.29 is 19.0 Å². The zero-order valence-electron chi connectivity index (χ0n) is 16.1. The lowest BCUT2D eigenvalue weighted by atomic mass is 10.1. The summed E-state index contributed by atoms with van der Waals surface area (Å²) in [6.07, 6.45) is 3.34. The molecular formula is C20H22N4O4. The van der Waals surface area contributed by atoms with Gasteiger partial charge in [-0.1, -0.05) is 0 Å². The quantitative estimate of drug-likeness (QED) is 0.728. The third-order valence-electron chi connectivity index (χ3n) is 4.65. The van der Waals surface area contributed by atoms with Crippen LogP contribution in [0.2, 0.25) is 0 Å². The monoisotopic (exact) mass is 382 g/mol. The summed E-state index contributed by atoms with van der Waals surface area (Å²) in [7, 11) is 2.85. The van der Waals surface area contributed by atoms with Gasteiger partial charge in [0.15, 0.2) is 5.69 Å². The summed E-state index contributed by atoms with van der Waals surface area (Å²) in [4.78, 5) is 22.6. The van der Waals surface area contributed by atoms with Gasteiger partial charge in [0.2, 0.25) is 5.88 Å². The van der Waals surface area contributed by atoms with Gasteiger partial charge in [-0.05, 0) is 24.6 Å². The number of ether oxygens (including phenoxy) is 3. The van der Waals surface area contributed by atoms with Gasteiger partial charge in [0.25, 0.3) is 0 Å². The first-order valence-electron chi connectivity index (χ1n) is 8.97. The molecule has 28 heavy (non-hydrogen) atoms. The van der Waals surface area contributed by atoms with Gasteiger partial charge < -0.3 is 19.1 Å². The molecule has 2 aromatic rings. The molecule has 2 aromatic heterocycles. The minimum atomic E-state index is -0.608. The molecule has 8 nitrogen and oxygen atoms in total. The van der Waals surface area contributed by atoms with Gasteiger partial charge in [-0.3, -0.25) is 0 Å². The first kappa shape index (κ1) is 19.4. The molecule has 0 aliphatic carbocycles. The Balaban J connectivity index is 1.68. The Morgan fingerprint density at radius 3 is 2.61 bits per heavy atom. The average Bonchev–Trinajstić information content (AvgIpc) is 2.74. The first-order chi connectivity index (χ1) is 13.5. The highest BCUT2D eigenvalue weighted by atomic mass is 16.5. The maximum atomic E-state index is 12.0. The van der Waals surface area contributed by atoms with Crippen molar-refractivity contribution in [1.29, 1.82) is 5.26 Å². The summed E-state index contributed by atoms with van der Waals surface area (Å²) in [6, 6.07) is 7.30. The molecule has 0 saturated carbocycles. The van der Waals surface area contributed by atoms with E-state index < -0.39 is 5.97 Å². The maximum absolute atomic E-state index is 12.0. The van der Waals surface area contributed by atoms with Gasteiger partial charge in [-0.25, -0.2) is 14.8 Å². The number of esters is 1. The van der Waals surface area contributed by atoms with Crippen molar-refractivity contribution in [2.75, 3.05) is 32.2 Å². The molecule has 1 aliphatic rings. The van der Waals surface area contributed by atoms with E-state index in [2.05, 4.69) is 14.9 Å². The summed E-state index contributed by atoms with van der Waals surface area (Å²) >= 11 is 0. The van der Waals surface area contributed by atoms with Crippen molar-refractivity contribution in [3.63, 3.8) is 0 Å². The summed E-state index contributed by atoms with van der Waals surface area (Å²) in [6.45, 7) is 3.35. The first-order valence-corrected chi connectivity index (χ1v) is 8.97. The topological polar surface area (TPSA) is 97.6 Å². The molecule has 0 amide bonds. The molecule has 1 saturated heterocycles. The van der Waals surface area contributed by atoms with Crippen molar-refractivity contribution >= 4 is 11.8 Å². The van der Waals surface area contributed by atoms with Crippen molar-refractivity contribution in [2.45, 2.75) is 25.9 Å². The Bertz CT molecular complexity index is 884. The lowest BCUT2D eigenvalue weighted by Crippen LogP contribution is -2.39. The molecule has 1 aliphatic heterocycles. The summed E-state index contributed by atoms with van der Waals surface area (Å²) in [5.41, 5.74) is 1.12. The molecule has 0 bridgehead atoms. The molecule has 8 heteroatoms. The SMILES string of the molecule is COC(=O)c1nc(N2CCC(Oc3ccc(OC)nc3)CC2)c(C)cc1C#N. The van der Waals surface area contributed by atoms with E-state index in [9.17, 15) is 10.1 Å². The molecule has 1 fully saturated rings. The van der Waals surface area contributed by atoms with Crippen molar-refractivity contribution in [2.24, 2.45) is 0 Å². The second-order valence-corrected chi connectivity index (χ2v) is 6.47. The Labute approximate surface area is 163 Å². The van der Waals surface area contributed by atoms with E-state index in [-0.39, 0.29) is 17.4 Å². The normalized spacial score (nSPS) is 14.3. The molecule has 3 heterocycles. The predicted octanol–water partition coefficient (Wildman–Crippen LogP) is 2.50. The molecule has 0 atom stereocenters. The molecule has 3 rings (SSSR count). The third kappa shape index (κ3) is 4.14. The van der Waals surface area contributed by atoms with Crippen LogP contribution in [0.15, 0.2) is 24.4 Å². The van der Waals surface area contributed by atoms with Gasteiger partial charge in [0.1, 0.15) is 23.7 Å². The highest BCUT2D eigenvalue weighted by Gasteiger charge is 2.25. The maximum Gasteiger partial charge on any atom is 0.358 e. The molecule has 146 valence electrons. The fourth-order valence-electron chi connectivity index (χ4n) is 3.20. The Hall–Kier alpha value is -3.34. The van der Waals surface area contributed by atoms with Crippen LogP contribution in [0.1, 0.15) is 34.5 Å². The van der Waals surface area contributed by atoms with Crippen molar-refractivity contribution in [3.05, 3.63) is 41.2 Å². The number of anilines is 1. The lowest BCUT2D eigenvalue weighted by Gasteiger charge is -2.33. The number of nitriles is 1. The number of aromatic nitrogens is 2. The fraction of sp³-hybridized carbons (Fsp3) is 0.400. The van der Waals surface area contributed by atoms with Crippen molar-refractivity contribution in [3.8, 4) is 17.7 Å². The van der Waals surface area contributed by atoms with E-state index in [1.807, 2.05) is 19.1 Å². The number of carbonyl (C=O) groups excluding carboxylic acids is 1. The average molecular weight is 382 g/mol. The van der Waals surface area contributed by atoms with E-state index in [0.717, 1.165) is 31.5 Å². The molecule has 0 aromatic carbocycles. The van der Waals surface area contributed by atoms with E-state index in [1.165, 1.54) is 7.11 Å². The number of hydrogen-bond acceptors (Lipinski definition) is 8. The second-order valence-electron chi connectivity index (χ2n) is 6.47. The van der Waals surface area contributed by atoms with Crippen LogP contribution in [-0.2, 0) is 4.74 Å². The van der Waals surface area contributed by atoms with Gasteiger partial charge in [0.05, 0.1) is 26.0 Å². The van der Waals surface area contributed by atoms with Crippen LogP contribution in [-0.4, -0.2) is 49.4 Å². The molecule has 0 radical (unpaired) electrons. The number of pyridine rings is 2. The van der Waals surface area contributed by atoms with Crippen LogP contribution in [0.4, 0.5) is 5.82 Å². The van der Waals surface area contributed by atoms with Crippen LogP contribution >= 0.6 is 0 Å². The highest BCUT2D eigenvalue weighted by molar-refractivity contribution is 5.90. The molecular weight excluding hydrogens is 360 g/mol. The number of carbonyl (C=O) groups is 1. The van der Waals surface area contributed by atoms with Gasteiger partial charge in [0, 0.05) is 32.0 Å². The van der Waals surface area contributed by atoms with Crippen LogP contribution in [0.5, 0.6) is 11.6 Å². The number of piperidine rings is 1. The molecule has 0 unspecified atom stereocenters. The van der Waals surface area contributed by atoms with Crippen LogP contribution in [0.25, 0.3) is 0 Å². The minimum Gasteiger partial charge on any atom is -0.489 e. The van der Waals surface area contributed by atoms with E-state index in [1.54, 1.807) is 25.4 Å². The minimum absolute atomic E-state index is 0.0493. The van der Waals surface area contributed by atoms with E-state index in [4.69, 9.17) is 14.2 Å². The van der Waals surface area contributed by atoms with Gasteiger partial charge >= 0.3 is 5.97 Å². The number of aryl methyl sites for hydroxylation is 1. The Kier molecular flexibility index (Phi) is 5.94. The summed E-state index contributed by atoms with van der Waals surface area (Å²) in [5, 5.41) is 9.26. The second kappa shape index (κ2) is 8.57. The lowest BCUT2D eigenvalue weighted by molar-refractivity contribution is 0.0593. The number of hydrogen-bond donors (Lipinski definition) is 0. The van der Waals surface area contributed by atoms with Gasteiger partial charge in [-0.2, -0.15) is 5.26 Å². The number of methoxy groups -OCH3 is 2. The summed E-state index contributed by atoms with van der Waals surface area (Å²) in [5.74, 6) is 1.35. The number of rotatable bonds is 5. The number of nitrogens with zero attached hydrogens (tertiary/aromatic N) is 4. The predicted molar refractivity (Wildman–Crippen MR) is 102 cm³/mol.